The van der Waals surface area contributed by atoms with Gasteiger partial charge in [-0.3, -0.25) is 9.59 Å². The number of aromatic nitrogens is 1. The molecule has 0 aliphatic carbocycles. The number of rotatable bonds is 5. The summed E-state index contributed by atoms with van der Waals surface area (Å²) in [6, 6.07) is 5.51. The Morgan fingerprint density at radius 2 is 2.21 bits per heavy atom. The monoisotopic (exact) mass is 280 g/mol. The van der Waals surface area contributed by atoms with E-state index < -0.39 is 5.97 Å². The minimum atomic E-state index is -0.999. The SMILES string of the molecule is COc1cccc2sc(NC(=O)CCC(=O)O)nc12. The van der Waals surface area contributed by atoms with E-state index in [4.69, 9.17) is 9.84 Å². The number of carboxylic acids is 1. The number of fused-ring (bicyclic) bond motifs is 1. The van der Waals surface area contributed by atoms with E-state index >= 15 is 0 Å². The Hall–Kier alpha value is -2.15. The average molecular weight is 280 g/mol. The average Bonchev–Trinajstić information content (AvgIpc) is 2.78. The molecule has 0 aliphatic heterocycles. The van der Waals surface area contributed by atoms with Gasteiger partial charge in [0.1, 0.15) is 11.3 Å². The number of nitrogens with one attached hydrogen (secondary N) is 1. The molecule has 1 aromatic heterocycles. The van der Waals surface area contributed by atoms with Gasteiger partial charge in [-0.1, -0.05) is 17.4 Å². The molecule has 0 fully saturated rings. The predicted molar refractivity (Wildman–Crippen MR) is 71.7 cm³/mol. The summed E-state index contributed by atoms with van der Waals surface area (Å²) < 4.78 is 6.07. The third-order valence-corrected chi connectivity index (χ3v) is 3.35. The van der Waals surface area contributed by atoms with Crippen LogP contribution in [0, 0.1) is 0 Å². The maximum atomic E-state index is 11.5. The molecule has 2 aromatic rings. The zero-order valence-corrected chi connectivity index (χ0v) is 11.0. The van der Waals surface area contributed by atoms with Crippen LogP contribution in [0.5, 0.6) is 5.75 Å². The summed E-state index contributed by atoms with van der Waals surface area (Å²) in [6.45, 7) is 0. The largest absolute Gasteiger partial charge is 0.494 e. The van der Waals surface area contributed by atoms with E-state index in [0.717, 1.165) is 4.70 Å². The first-order valence-corrected chi connectivity index (χ1v) is 6.37. The van der Waals surface area contributed by atoms with Gasteiger partial charge in [0.2, 0.25) is 5.91 Å². The van der Waals surface area contributed by atoms with Crippen molar-refractivity contribution < 1.29 is 19.4 Å². The molecule has 1 aromatic carbocycles. The van der Waals surface area contributed by atoms with Gasteiger partial charge in [-0.15, -0.1) is 0 Å². The zero-order chi connectivity index (χ0) is 13.8. The Labute approximate surface area is 113 Å². The van der Waals surface area contributed by atoms with Crippen molar-refractivity contribution in [2.75, 3.05) is 12.4 Å². The van der Waals surface area contributed by atoms with Crippen molar-refractivity contribution >= 4 is 38.6 Å². The molecule has 0 unspecified atom stereocenters. The molecule has 19 heavy (non-hydrogen) atoms. The van der Waals surface area contributed by atoms with Crippen molar-refractivity contribution in [2.45, 2.75) is 12.8 Å². The minimum Gasteiger partial charge on any atom is -0.494 e. The standard InChI is InChI=1S/C12H12N2O4S/c1-18-7-3-2-4-8-11(7)14-12(19-8)13-9(15)5-6-10(16)17/h2-4H,5-6H2,1H3,(H,16,17)(H,13,14,15). The van der Waals surface area contributed by atoms with Gasteiger partial charge in [-0.25, -0.2) is 4.98 Å². The van der Waals surface area contributed by atoms with E-state index in [1.807, 2.05) is 12.1 Å². The molecule has 2 rings (SSSR count). The van der Waals surface area contributed by atoms with Crippen molar-refractivity contribution in [2.24, 2.45) is 0 Å². The third kappa shape index (κ3) is 3.19. The van der Waals surface area contributed by atoms with Gasteiger partial charge < -0.3 is 15.2 Å². The Morgan fingerprint density at radius 1 is 1.42 bits per heavy atom. The molecular weight excluding hydrogens is 268 g/mol. The van der Waals surface area contributed by atoms with Crippen LogP contribution in [0.1, 0.15) is 12.8 Å². The molecule has 6 nitrogen and oxygen atoms in total. The summed E-state index contributed by atoms with van der Waals surface area (Å²) in [5.74, 6) is -0.721. The minimum absolute atomic E-state index is 0.0671. The number of carbonyl (C=O) groups excluding carboxylic acids is 1. The summed E-state index contributed by atoms with van der Waals surface area (Å²) in [5, 5.41) is 11.5. The number of benzene rings is 1. The van der Waals surface area contributed by atoms with Gasteiger partial charge >= 0.3 is 5.97 Å². The Balaban J connectivity index is 2.13. The molecule has 1 amide bonds. The number of amides is 1. The van der Waals surface area contributed by atoms with Gasteiger partial charge in [-0.05, 0) is 12.1 Å². The lowest BCUT2D eigenvalue weighted by Crippen LogP contribution is -2.12. The number of anilines is 1. The second-order valence-corrected chi connectivity index (χ2v) is 4.80. The van der Waals surface area contributed by atoms with Crippen molar-refractivity contribution in [3.8, 4) is 5.75 Å². The first kappa shape index (κ1) is 13.3. The number of carbonyl (C=O) groups is 2. The molecule has 100 valence electrons. The van der Waals surface area contributed by atoms with E-state index in [1.165, 1.54) is 11.3 Å². The number of para-hydroxylation sites is 1. The maximum Gasteiger partial charge on any atom is 0.303 e. The Kier molecular flexibility index (Phi) is 3.96. The lowest BCUT2D eigenvalue weighted by atomic mass is 10.3. The molecule has 0 saturated carbocycles. The lowest BCUT2D eigenvalue weighted by molar-refractivity contribution is -0.138. The Bertz CT molecular complexity index is 623. The van der Waals surface area contributed by atoms with Gasteiger partial charge in [0.05, 0.1) is 18.2 Å². The molecule has 0 spiro atoms. The molecule has 0 saturated heterocycles. The summed E-state index contributed by atoms with van der Waals surface area (Å²) in [7, 11) is 1.55. The smallest absolute Gasteiger partial charge is 0.303 e. The van der Waals surface area contributed by atoms with Crippen molar-refractivity contribution in [1.82, 2.24) is 4.98 Å². The van der Waals surface area contributed by atoms with Crippen molar-refractivity contribution in [3.05, 3.63) is 18.2 Å². The van der Waals surface area contributed by atoms with E-state index in [9.17, 15) is 9.59 Å². The summed E-state index contributed by atoms with van der Waals surface area (Å²) in [4.78, 5) is 26.1. The predicted octanol–water partition coefficient (Wildman–Crippen LogP) is 2.11. The van der Waals surface area contributed by atoms with E-state index in [-0.39, 0.29) is 18.7 Å². The number of ether oxygens (including phenoxy) is 1. The fourth-order valence-corrected chi connectivity index (χ4v) is 2.44. The van der Waals surface area contributed by atoms with Crippen molar-refractivity contribution in [1.29, 1.82) is 0 Å². The fraction of sp³-hybridized carbons (Fsp3) is 0.250. The number of nitrogens with zero attached hydrogens (tertiary/aromatic N) is 1. The highest BCUT2D eigenvalue weighted by atomic mass is 32.1. The van der Waals surface area contributed by atoms with Gasteiger partial charge in [-0.2, -0.15) is 0 Å². The topological polar surface area (TPSA) is 88.5 Å². The van der Waals surface area contributed by atoms with E-state index in [2.05, 4.69) is 10.3 Å². The molecular formula is C12H12N2O4S. The number of hydrogen-bond donors (Lipinski definition) is 2. The molecule has 1 heterocycles. The second-order valence-electron chi connectivity index (χ2n) is 3.77. The van der Waals surface area contributed by atoms with Crippen LogP contribution in [-0.4, -0.2) is 29.1 Å². The van der Waals surface area contributed by atoms with Crippen LogP contribution in [0.2, 0.25) is 0 Å². The van der Waals surface area contributed by atoms with Gasteiger partial charge in [0.15, 0.2) is 5.13 Å². The first-order chi connectivity index (χ1) is 9.10. The highest BCUT2D eigenvalue weighted by Crippen LogP contribution is 2.32. The summed E-state index contributed by atoms with van der Waals surface area (Å²) in [5.41, 5.74) is 0.684. The van der Waals surface area contributed by atoms with Gasteiger partial charge in [0, 0.05) is 6.42 Å². The van der Waals surface area contributed by atoms with Crippen LogP contribution < -0.4 is 10.1 Å². The van der Waals surface area contributed by atoms with Crippen molar-refractivity contribution in [3.63, 3.8) is 0 Å². The Morgan fingerprint density at radius 3 is 2.89 bits per heavy atom. The van der Waals surface area contributed by atoms with Gasteiger partial charge in [0.25, 0.3) is 0 Å². The fourth-order valence-electron chi connectivity index (χ4n) is 1.54. The maximum absolute atomic E-state index is 11.5. The second kappa shape index (κ2) is 5.66. The molecule has 0 atom stereocenters. The summed E-state index contributed by atoms with van der Waals surface area (Å²) >= 11 is 1.32. The zero-order valence-electron chi connectivity index (χ0n) is 10.2. The number of carboxylic acid groups (broad SMARTS) is 1. The molecule has 2 N–H and O–H groups in total. The van der Waals surface area contributed by atoms with Crippen LogP contribution >= 0.6 is 11.3 Å². The molecule has 7 heteroatoms. The quantitative estimate of drug-likeness (QED) is 0.875. The number of thiazole rings is 1. The molecule has 0 bridgehead atoms. The van der Waals surface area contributed by atoms with Crippen LogP contribution in [0.3, 0.4) is 0 Å². The highest BCUT2D eigenvalue weighted by molar-refractivity contribution is 7.22. The van der Waals surface area contributed by atoms with Crippen LogP contribution in [0.4, 0.5) is 5.13 Å². The normalized spacial score (nSPS) is 10.4. The van der Waals surface area contributed by atoms with E-state index in [1.54, 1.807) is 13.2 Å². The first-order valence-electron chi connectivity index (χ1n) is 5.55. The third-order valence-electron chi connectivity index (χ3n) is 2.41. The summed E-state index contributed by atoms with van der Waals surface area (Å²) in [6.07, 6.45) is -0.261. The number of aliphatic carboxylic acids is 1. The van der Waals surface area contributed by atoms with E-state index in [0.29, 0.717) is 16.4 Å². The van der Waals surface area contributed by atoms with Crippen LogP contribution in [0.25, 0.3) is 10.2 Å². The number of hydrogen-bond acceptors (Lipinski definition) is 5. The lowest BCUT2D eigenvalue weighted by Gasteiger charge is -1.99. The van der Waals surface area contributed by atoms with Crippen LogP contribution in [0.15, 0.2) is 18.2 Å². The highest BCUT2D eigenvalue weighted by Gasteiger charge is 2.11. The molecule has 0 aliphatic rings. The number of methoxy groups -OCH3 is 1. The molecule has 0 radical (unpaired) electrons. The van der Waals surface area contributed by atoms with Crippen LogP contribution in [-0.2, 0) is 9.59 Å².